The summed E-state index contributed by atoms with van der Waals surface area (Å²) < 4.78 is 13.5. The summed E-state index contributed by atoms with van der Waals surface area (Å²) in [5.74, 6) is 0.259. The number of aromatic hydroxyl groups is 1. The first-order valence-electron chi connectivity index (χ1n) is 10.5. The maximum Gasteiger partial charge on any atom is 0.274 e. The Kier molecular flexibility index (Phi) is 4.40. The molecular weight excluding hydrogens is 410 g/mol. The van der Waals surface area contributed by atoms with E-state index >= 15 is 0 Å². The van der Waals surface area contributed by atoms with Crippen LogP contribution in [0.15, 0.2) is 50.4 Å². The Morgan fingerprint density at radius 1 is 1.00 bits per heavy atom. The summed E-state index contributed by atoms with van der Waals surface area (Å²) in [5.41, 5.74) is 2.20. The smallest absolute Gasteiger partial charge is 0.274 e. The molecule has 0 aliphatic heterocycles. The molecule has 3 N–H and O–H groups in total. The van der Waals surface area contributed by atoms with Crippen LogP contribution >= 0.6 is 0 Å². The highest BCUT2D eigenvalue weighted by molar-refractivity contribution is 6.15. The molecule has 164 valence electrons. The van der Waals surface area contributed by atoms with E-state index in [0.717, 1.165) is 5.56 Å². The third kappa shape index (κ3) is 2.90. The number of phenolic OH excluding ortho intramolecular Hbond substituents is 1. The van der Waals surface area contributed by atoms with Gasteiger partial charge in [-0.25, -0.2) is 0 Å². The van der Waals surface area contributed by atoms with Crippen LogP contribution in [-0.4, -0.2) is 26.0 Å². The van der Waals surface area contributed by atoms with Gasteiger partial charge < -0.3 is 19.2 Å². The molecule has 3 heterocycles. The molecule has 0 unspecified atom stereocenters. The molecule has 8 nitrogen and oxygen atoms in total. The molecule has 5 rings (SSSR count). The van der Waals surface area contributed by atoms with Crippen LogP contribution in [0, 0.1) is 0 Å². The normalized spacial score (nSPS) is 12.1. The first-order chi connectivity index (χ1) is 15.3. The van der Waals surface area contributed by atoms with Crippen LogP contribution in [0.2, 0.25) is 0 Å². The van der Waals surface area contributed by atoms with Gasteiger partial charge in [0.25, 0.3) is 5.56 Å². The molecule has 32 heavy (non-hydrogen) atoms. The van der Waals surface area contributed by atoms with Crippen molar-refractivity contribution in [1.82, 2.24) is 14.8 Å². The van der Waals surface area contributed by atoms with E-state index in [2.05, 4.69) is 10.1 Å². The highest BCUT2D eigenvalue weighted by Gasteiger charge is 2.24. The lowest BCUT2D eigenvalue weighted by atomic mass is 10.0. The Hall–Kier alpha value is -3.94. The second-order valence-corrected chi connectivity index (χ2v) is 8.41. The number of hydrogen-bond donors (Lipinski definition) is 3. The summed E-state index contributed by atoms with van der Waals surface area (Å²) in [6.45, 7) is 7.84. The zero-order valence-electron chi connectivity index (χ0n) is 18.1. The second-order valence-electron chi connectivity index (χ2n) is 8.41. The molecule has 3 aromatic heterocycles. The number of pyridine rings is 1. The molecule has 0 radical (unpaired) electrons. The SMILES string of the molecule is CC(C)Oc1ccc(-c2c3oc4c(O)c(=O)ccc4c3[nH]c3c2c(=O)[nH]n3C(C)C)cc1. The summed E-state index contributed by atoms with van der Waals surface area (Å²) in [5, 5.41) is 14.2. The molecule has 0 aliphatic carbocycles. The molecule has 0 saturated heterocycles. The van der Waals surface area contributed by atoms with Crippen LogP contribution in [0.4, 0.5) is 0 Å². The lowest BCUT2D eigenvalue weighted by molar-refractivity contribution is 0.242. The number of rotatable bonds is 4. The van der Waals surface area contributed by atoms with Crippen molar-refractivity contribution in [3.63, 3.8) is 0 Å². The standard InChI is InChI=1S/C24H23N3O5/c1-11(2)27-23-18(24(30)26-27)17(13-5-7-14(8-6-13)31-12(3)4)22-19(25-23)15-9-10-16(28)20(29)21(15)32-22/h5-12,25,29H,1-4H3,(H,26,30). The van der Waals surface area contributed by atoms with E-state index in [1.165, 1.54) is 6.07 Å². The number of benzene rings is 2. The average molecular weight is 433 g/mol. The molecule has 0 bridgehead atoms. The Morgan fingerprint density at radius 2 is 1.72 bits per heavy atom. The lowest BCUT2D eigenvalue weighted by Gasteiger charge is -2.12. The molecule has 0 spiro atoms. The number of fused-ring (bicyclic) bond motifs is 4. The van der Waals surface area contributed by atoms with Crippen molar-refractivity contribution < 1.29 is 14.3 Å². The molecule has 5 aromatic rings. The fraction of sp³-hybridized carbons (Fsp3) is 0.250. The zero-order chi connectivity index (χ0) is 22.7. The summed E-state index contributed by atoms with van der Waals surface area (Å²) in [6, 6.07) is 10.3. The van der Waals surface area contributed by atoms with Crippen molar-refractivity contribution >= 4 is 33.1 Å². The Bertz CT molecular complexity index is 1600. The van der Waals surface area contributed by atoms with Crippen molar-refractivity contribution in [1.29, 1.82) is 0 Å². The topological polar surface area (TPSA) is 113 Å². The molecule has 8 heteroatoms. The van der Waals surface area contributed by atoms with E-state index in [0.29, 0.717) is 38.8 Å². The van der Waals surface area contributed by atoms with Crippen LogP contribution in [-0.2, 0) is 0 Å². The number of nitrogens with one attached hydrogen (secondary N) is 2. The van der Waals surface area contributed by atoms with Crippen molar-refractivity contribution in [2.75, 3.05) is 0 Å². The second kappa shape index (κ2) is 7.05. The molecule has 0 atom stereocenters. The number of aromatic nitrogens is 3. The minimum Gasteiger partial charge on any atom is -0.502 e. The van der Waals surface area contributed by atoms with Gasteiger partial charge in [-0.1, -0.05) is 12.1 Å². The zero-order valence-corrected chi connectivity index (χ0v) is 18.1. The highest BCUT2D eigenvalue weighted by atomic mass is 16.5. The van der Waals surface area contributed by atoms with Gasteiger partial charge in [0.1, 0.15) is 11.4 Å². The maximum absolute atomic E-state index is 13.0. The number of nitrogens with zero attached hydrogens (tertiary/aromatic N) is 1. The van der Waals surface area contributed by atoms with E-state index in [1.54, 1.807) is 10.7 Å². The van der Waals surface area contributed by atoms with Crippen LogP contribution in [0.3, 0.4) is 0 Å². The Labute approximate surface area is 182 Å². The van der Waals surface area contributed by atoms with Gasteiger partial charge in [-0.05, 0) is 57.5 Å². The molecule has 0 saturated carbocycles. The van der Waals surface area contributed by atoms with Crippen molar-refractivity contribution in [3.8, 4) is 22.6 Å². The van der Waals surface area contributed by atoms with Gasteiger partial charge in [0.15, 0.2) is 11.2 Å². The minimum atomic E-state index is -0.526. The van der Waals surface area contributed by atoms with Crippen molar-refractivity contribution in [3.05, 3.63) is 57.0 Å². The number of ether oxygens (including phenoxy) is 1. The summed E-state index contributed by atoms with van der Waals surface area (Å²) in [4.78, 5) is 28.3. The minimum absolute atomic E-state index is 0.0108. The monoisotopic (exact) mass is 433 g/mol. The number of phenols is 1. The third-order valence-electron chi connectivity index (χ3n) is 5.47. The predicted molar refractivity (Wildman–Crippen MR) is 124 cm³/mol. The van der Waals surface area contributed by atoms with Crippen LogP contribution in [0.25, 0.3) is 44.2 Å². The number of aromatic amines is 2. The van der Waals surface area contributed by atoms with Crippen LogP contribution < -0.4 is 15.7 Å². The quantitative estimate of drug-likeness (QED) is 0.382. The van der Waals surface area contributed by atoms with Crippen molar-refractivity contribution in [2.45, 2.75) is 39.8 Å². The molecule has 2 aromatic carbocycles. The van der Waals surface area contributed by atoms with Crippen LogP contribution in [0.5, 0.6) is 11.5 Å². The fourth-order valence-corrected chi connectivity index (χ4v) is 4.10. The Morgan fingerprint density at radius 3 is 2.38 bits per heavy atom. The molecule has 0 amide bonds. The van der Waals surface area contributed by atoms with E-state index in [4.69, 9.17) is 9.15 Å². The Balaban J connectivity index is 1.93. The predicted octanol–water partition coefficient (Wildman–Crippen LogP) is 4.66. The fourth-order valence-electron chi connectivity index (χ4n) is 4.10. The van der Waals surface area contributed by atoms with Gasteiger partial charge >= 0.3 is 0 Å². The number of furan rings is 1. The summed E-state index contributed by atoms with van der Waals surface area (Å²) >= 11 is 0. The van der Waals surface area contributed by atoms with Gasteiger partial charge in [-0.15, -0.1) is 0 Å². The number of H-pyrrole nitrogens is 2. The largest absolute Gasteiger partial charge is 0.502 e. The third-order valence-corrected chi connectivity index (χ3v) is 5.47. The average Bonchev–Trinajstić information content (AvgIpc) is 3.28. The van der Waals surface area contributed by atoms with Crippen molar-refractivity contribution in [2.24, 2.45) is 0 Å². The van der Waals surface area contributed by atoms with E-state index in [9.17, 15) is 14.7 Å². The maximum atomic E-state index is 13.0. The van der Waals surface area contributed by atoms with Gasteiger partial charge in [-0.2, -0.15) is 0 Å². The van der Waals surface area contributed by atoms with Gasteiger partial charge in [0.2, 0.25) is 11.2 Å². The van der Waals surface area contributed by atoms with Gasteiger partial charge in [0.05, 0.1) is 17.0 Å². The lowest BCUT2D eigenvalue weighted by Crippen LogP contribution is -2.07. The first-order valence-corrected chi connectivity index (χ1v) is 10.5. The highest BCUT2D eigenvalue weighted by Crippen LogP contribution is 2.40. The molecule has 0 aliphatic rings. The van der Waals surface area contributed by atoms with Gasteiger partial charge in [-0.3, -0.25) is 19.4 Å². The molecule has 0 fully saturated rings. The van der Waals surface area contributed by atoms with E-state index < -0.39 is 11.2 Å². The van der Waals surface area contributed by atoms with E-state index in [1.807, 2.05) is 52.0 Å². The van der Waals surface area contributed by atoms with Gasteiger partial charge in [0, 0.05) is 17.0 Å². The van der Waals surface area contributed by atoms with E-state index in [-0.39, 0.29) is 23.3 Å². The number of hydrogen-bond acceptors (Lipinski definition) is 5. The summed E-state index contributed by atoms with van der Waals surface area (Å²) in [6.07, 6.45) is 0.0353. The summed E-state index contributed by atoms with van der Waals surface area (Å²) in [7, 11) is 0. The first kappa shape index (κ1) is 20.0. The van der Waals surface area contributed by atoms with Crippen LogP contribution in [0.1, 0.15) is 33.7 Å². The molecular formula is C24H23N3O5.